The Balaban J connectivity index is 1.27. The largest absolute Gasteiger partial charge is 0.573 e. The maximum absolute atomic E-state index is 12.8. The number of ether oxygens (including phenoxy) is 1. The molecule has 2 aromatic heterocycles. The molecule has 1 fully saturated rings. The number of thiazole rings is 1. The summed E-state index contributed by atoms with van der Waals surface area (Å²) in [6, 6.07) is 9.08. The van der Waals surface area contributed by atoms with Gasteiger partial charge in [-0.2, -0.15) is 0 Å². The fraction of sp³-hybridized carbons (Fsp3) is 0.385. The molecule has 39 heavy (non-hydrogen) atoms. The van der Waals surface area contributed by atoms with E-state index in [4.69, 9.17) is 0 Å². The first kappa shape index (κ1) is 26.9. The van der Waals surface area contributed by atoms with E-state index in [1.807, 2.05) is 0 Å². The van der Waals surface area contributed by atoms with Crippen molar-refractivity contribution in [3.8, 4) is 5.75 Å². The Labute approximate surface area is 225 Å². The minimum Gasteiger partial charge on any atom is -0.406 e. The number of aliphatic hydroxyl groups is 1. The maximum Gasteiger partial charge on any atom is 0.573 e. The standard InChI is InChI=1S/C26H26F3N5O4S/c1-33-20-7-4-16(21(36)8-9-23(37)34-10-2-3-15(13-34)14-35)11-19(20)30-24(33)32-25-31-18-6-5-17(12-22(18)39-25)38-26(27,28)29/h4-7,11-12,15,35H,2-3,8-10,13-14H2,1H3,(H,30,31,32). The molecular formula is C26H26F3N5O4S. The van der Waals surface area contributed by atoms with E-state index in [9.17, 15) is 27.9 Å². The molecule has 3 heterocycles. The van der Waals surface area contributed by atoms with Crippen LogP contribution in [-0.2, 0) is 11.8 Å². The van der Waals surface area contributed by atoms with Gasteiger partial charge < -0.3 is 24.6 Å². The first-order chi connectivity index (χ1) is 18.6. The van der Waals surface area contributed by atoms with Crippen molar-refractivity contribution in [2.45, 2.75) is 32.0 Å². The lowest BCUT2D eigenvalue weighted by Gasteiger charge is -2.31. The molecule has 5 rings (SSSR count). The number of hydrogen-bond acceptors (Lipinski definition) is 8. The van der Waals surface area contributed by atoms with Gasteiger partial charge in [0.25, 0.3) is 0 Å². The van der Waals surface area contributed by atoms with Crippen LogP contribution in [0.3, 0.4) is 0 Å². The third-order valence-electron chi connectivity index (χ3n) is 6.71. The number of nitrogens with one attached hydrogen (secondary N) is 1. The quantitative estimate of drug-likeness (QED) is 0.291. The number of aryl methyl sites for hydroxylation is 1. The number of carbonyl (C=O) groups excluding carboxylic acids is 2. The second kappa shape index (κ2) is 10.8. The number of nitrogens with zero attached hydrogens (tertiary/aromatic N) is 4. The van der Waals surface area contributed by atoms with E-state index >= 15 is 0 Å². The molecule has 0 bridgehead atoms. The number of Topliss-reactive ketones (excluding diaryl/α,β-unsaturated/α-hetero) is 1. The van der Waals surface area contributed by atoms with Crippen molar-refractivity contribution in [3.05, 3.63) is 42.0 Å². The Morgan fingerprint density at radius 1 is 1.15 bits per heavy atom. The number of benzene rings is 2. The zero-order valence-corrected chi connectivity index (χ0v) is 21.8. The van der Waals surface area contributed by atoms with Crippen LogP contribution < -0.4 is 10.1 Å². The SMILES string of the molecule is Cn1c(Nc2nc3ccc(OC(F)(F)F)cc3s2)nc2cc(C(=O)CCC(=O)N3CCCC(CO)C3)ccc21. The number of likely N-dealkylation sites (tertiary alicyclic amines) is 1. The van der Waals surface area contributed by atoms with Crippen LogP contribution in [0.25, 0.3) is 21.3 Å². The predicted molar refractivity (Wildman–Crippen MR) is 140 cm³/mol. The number of halogens is 3. The highest BCUT2D eigenvalue weighted by atomic mass is 32.1. The number of amides is 1. The lowest BCUT2D eigenvalue weighted by Crippen LogP contribution is -2.41. The molecule has 0 spiro atoms. The van der Waals surface area contributed by atoms with Crippen LogP contribution in [0.2, 0.25) is 0 Å². The number of aromatic nitrogens is 3. The van der Waals surface area contributed by atoms with Crippen molar-refractivity contribution >= 4 is 55.4 Å². The van der Waals surface area contributed by atoms with Crippen LogP contribution in [0.5, 0.6) is 5.75 Å². The Bertz CT molecular complexity index is 1530. The molecule has 2 N–H and O–H groups in total. The molecule has 13 heteroatoms. The molecule has 206 valence electrons. The molecule has 4 aromatic rings. The molecule has 2 aromatic carbocycles. The van der Waals surface area contributed by atoms with Gasteiger partial charge in [0.1, 0.15) is 5.75 Å². The lowest BCUT2D eigenvalue weighted by atomic mass is 9.98. The summed E-state index contributed by atoms with van der Waals surface area (Å²) >= 11 is 1.15. The van der Waals surface area contributed by atoms with E-state index in [2.05, 4.69) is 20.0 Å². The fourth-order valence-corrected chi connectivity index (χ4v) is 5.59. The zero-order valence-electron chi connectivity index (χ0n) is 21.0. The summed E-state index contributed by atoms with van der Waals surface area (Å²) in [7, 11) is 1.79. The third kappa shape index (κ3) is 6.14. The number of hydrogen-bond donors (Lipinski definition) is 2. The van der Waals surface area contributed by atoms with E-state index in [1.54, 1.807) is 34.7 Å². The van der Waals surface area contributed by atoms with Crippen molar-refractivity contribution in [2.24, 2.45) is 13.0 Å². The van der Waals surface area contributed by atoms with Gasteiger partial charge in [-0.05, 0) is 49.1 Å². The van der Waals surface area contributed by atoms with Gasteiger partial charge in [0.05, 0.1) is 21.3 Å². The summed E-state index contributed by atoms with van der Waals surface area (Å²) in [4.78, 5) is 36.1. The second-order valence-corrected chi connectivity index (χ2v) is 10.5. The minimum absolute atomic E-state index is 0.0560. The molecule has 1 aliphatic rings. The summed E-state index contributed by atoms with van der Waals surface area (Å²) in [6.45, 7) is 1.23. The van der Waals surface area contributed by atoms with Gasteiger partial charge in [0.2, 0.25) is 11.9 Å². The highest BCUT2D eigenvalue weighted by Gasteiger charge is 2.31. The molecule has 1 aliphatic heterocycles. The molecule has 1 unspecified atom stereocenters. The number of ketones is 1. The van der Waals surface area contributed by atoms with Crippen LogP contribution in [0, 0.1) is 5.92 Å². The smallest absolute Gasteiger partial charge is 0.406 e. The van der Waals surface area contributed by atoms with Crippen molar-refractivity contribution in [2.75, 3.05) is 25.0 Å². The number of aliphatic hydroxyl groups excluding tert-OH is 1. The molecular weight excluding hydrogens is 535 g/mol. The van der Waals surface area contributed by atoms with Crippen LogP contribution in [0.1, 0.15) is 36.0 Å². The van der Waals surface area contributed by atoms with E-state index in [-0.39, 0.29) is 42.8 Å². The number of anilines is 2. The Hall–Kier alpha value is -3.71. The zero-order chi connectivity index (χ0) is 27.7. The normalized spacial score (nSPS) is 16.1. The highest BCUT2D eigenvalue weighted by Crippen LogP contribution is 2.33. The van der Waals surface area contributed by atoms with E-state index in [0.717, 1.165) is 29.7 Å². The molecule has 0 radical (unpaired) electrons. The monoisotopic (exact) mass is 561 g/mol. The summed E-state index contributed by atoms with van der Waals surface area (Å²) in [5.41, 5.74) is 2.29. The second-order valence-electron chi connectivity index (χ2n) is 9.47. The van der Waals surface area contributed by atoms with Crippen molar-refractivity contribution in [1.29, 1.82) is 0 Å². The number of carbonyl (C=O) groups is 2. The Kier molecular flexibility index (Phi) is 7.45. The van der Waals surface area contributed by atoms with Gasteiger partial charge in [0.15, 0.2) is 10.9 Å². The minimum atomic E-state index is -4.78. The van der Waals surface area contributed by atoms with E-state index in [1.165, 1.54) is 18.2 Å². The fourth-order valence-electron chi connectivity index (χ4n) is 4.70. The van der Waals surface area contributed by atoms with Crippen molar-refractivity contribution < 1.29 is 32.6 Å². The van der Waals surface area contributed by atoms with Crippen LogP contribution in [0.4, 0.5) is 24.3 Å². The molecule has 1 saturated heterocycles. The number of fused-ring (bicyclic) bond motifs is 2. The Morgan fingerprint density at radius 2 is 1.97 bits per heavy atom. The number of imidazole rings is 1. The number of piperidine rings is 1. The molecule has 1 amide bonds. The van der Waals surface area contributed by atoms with Gasteiger partial charge in [0, 0.05) is 51.2 Å². The van der Waals surface area contributed by atoms with Gasteiger partial charge >= 0.3 is 6.36 Å². The topological polar surface area (TPSA) is 110 Å². The summed E-state index contributed by atoms with van der Waals surface area (Å²) < 4.78 is 43.9. The maximum atomic E-state index is 12.8. The van der Waals surface area contributed by atoms with Gasteiger partial charge in [-0.25, -0.2) is 9.97 Å². The van der Waals surface area contributed by atoms with E-state index in [0.29, 0.717) is 45.5 Å². The number of alkyl halides is 3. The first-order valence-corrected chi connectivity index (χ1v) is 13.2. The highest BCUT2D eigenvalue weighted by molar-refractivity contribution is 7.22. The summed E-state index contributed by atoms with van der Waals surface area (Å²) in [5, 5.41) is 12.9. The van der Waals surface area contributed by atoms with Crippen LogP contribution >= 0.6 is 11.3 Å². The molecule has 9 nitrogen and oxygen atoms in total. The van der Waals surface area contributed by atoms with E-state index < -0.39 is 6.36 Å². The molecule has 0 aliphatic carbocycles. The van der Waals surface area contributed by atoms with Crippen molar-refractivity contribution in [1.82, 2.24) is 19.4 Å². The molecule has 0 saturated carbocycles. The average Bonchev–Trinajstić information content (AvgIpc) is 3.45. The Morgan fingerprint density at radius 3 is 2.74 bits per heavy atom. The first-order valence-electron chi connectivity index (χ1n) is 12.4. The van der Waals surface area contributed by atoms with Gasteiger partial charge in [-0.15, -0.1) is 13.2 Å². The summed E-state index contributed by atoms with van der Waals surface area (Å²) in [5.74, 6) is -0.0309. The van der Waals surface area contributed by atoms with Crippen molar-refractivity contribution in [3.63, 3.8) is 0 Å². The van der Waals surface area contributed by atoms with Gasteiger partial charge in [-0.1, -0.05) is 11.3 Å². The van der Waals surface area contributed by atoms with Crippen LogP contribution in [-0.4, -0.2) is 62.3 Å². The summed E-state index contributed by atoms with van der Waals surface area (Å²) in [6.07, 6.45) is -2.84. The average molecular weight is 562 g/mol. The predicted octanol–water partition coefficient (Wildman–Crippen LogP) is 5.02. The van der Waals surface area contributed by atoms with Gasteiger partial charge in [-0.3, -0.25) is 9.59 Å². The van der Waals surface area contributed by atoms with Crippen LogP contribution in [0.15, 0.2) is 36.4 Å². The third-order valence-corrected chi connectivity index (χ3v) is 7.64. The molecule has 1 atom stereocenters. The number of rotatable bonds is 8. The lowest BCUT2D eigenvalue weighted by molar-refractivity contribution is -0.274.